The Hall–Kier alpha value is -0.300. The van der Waals surface area contributed by atoms with Gasteiger partial charge in [0.15, 0.2) is 0 Å². The van der Waals surface area contributed by atoms with Crippen LogP contribution in [0.1, 0.15) is 20.3 Å². The summed E-state index contributed by atoms with van der Waals surface area (Å²) in [7, 11) is 0. The third kappa shape index (κ3) is 3.53. The molecule has 0 aliphatic rings. The lowest BCUT2D eigenvalue weighted by Crippen LogP contribution is -1.96. The van der Waals surface area contributed by atoms with E-state index in [0.29, 0.717) is 0 Å². The van der Waals surface area contributed by atoms with Gasteiger partial charge in [-0.15, -0.1) is 0 Å². The lowest BCUT2D eigenvalue weighted by molar-refractivity contribution is 0.219. The van der Waals surface area contributed by atoms with E-state index < -0.39 is 0 Å². The van der Waals surface area contributed by atoms with E-state index in [1.54, 1.807) is 6.08 Å². The molecule has 1 N–H and O–H groups in total. The highest BCUT2D eigenvalue weighted by molar-refractivity contribution is 4.83. The summed E-state index contributed by atoms with van der Waals surface area (Å²) < 4.78 is 0. The molecule has 0 unspecified atom stereocenters. The van der Waals surface area contributed by atoms with Crippen molar-refractivity contribution in [3.05, 3.63) is 12.2 Å². The van der Waals surface area contributed by atoms with E-state index in [2.05, 4.69) is 0 Å². The maximum Gasteiger partial charge on any atom is 0.0718 e. The third-order valence-electron chi connectivity index (χ3n) is 0.833. The van der Waals surface area contributed by atoms with Crippen LogP contribution < -0.4 is 0 Å². The van der Waals surface area contributed by atoms with Crippen LogP contribution in [0.15, 0.2) is 12.2 Å². The van der Waals surface area contributed by atoms with Gasteiger partial charge in [-0.25, -0.2) is 0 Å². The summed E-state index contributed by atoms with van der Waals surface area (Å²) in [6, 6.07) is 0. The van der Waals surface area contributed by atoms with Crippen molar-refractivity contribution in [2.24, 2.45) is 0 Å². The lowest BCUT2D eigenvalue weighted by atomic mass is 10.3. The van der Waals surface area contributed by atoms with Crippen LogP contribution in [-0.2, 0) is 0 Å². The van der Waals surface area contributed by atoms with Crippen molar-refractivity contribution in [1.82, 2.24) is 0 Å². The minimum absolute atomic E-state index is 0.231. The fraction of sp³-hybridized carbons (Fsp3) is 0.667. The molecule has 7 heavy (non-hydrogen) atoms. The second kappa shape index (κ2) is 3.88. The summed E-state index contributed by atoms with van der Waals surface area (Å²) in [5, 5.41) is 8.77. The minimum atomic E-state index is -0.231. The van der Waals surface area contributed by atoms with Gasteiger partial charge in [0.1, 0.15) is 0 Å². The normalized spacial score (nSPS) is 15.3. The van der Waals surface area contributed by atoms with E-state index in [9.17, 15) is 0 Å². The Bertz CT molecular complexity index is 57.2. The molecule has 0 rings (SSSR count). The van der Waals surface area contributed by atoms with Gasteiger partial charge in [0, 0.05) is 0 Å². The first-order valence-corrected chi connectivity index (χ1v) is 2.62. The first kappa shape index (κ1) is 6.70. The molecule has 42 valence electrons. The molecule has 0 saturated heterocycles. The van der Waals surface area contributed by atoms with Crippen molar-refractivity contribution in [2.75, 3.05) is 0 Å². The number of allylic oxidation sites excluding steroid dienone is 1. The smallest absolute Gasteiger partial charge is 0.0718 e. The van der Waals surface area contributed by atoms with Gasteiger partial charge < -0.3 is 5.11 Å². The van der Waals surface area contributed by atoms with Crippen molar-refractivity contribution in [2.45, 2.75) is 26.4 Å². The molecule has 1 heteroatoms. The summed E-state index contributed by atoms with van der Waals surface area (Å²) >= 11 is 0. The largest absolute Gasteiger partial charge is 0.389 e. The van der Waals surface area contributed by atoms with E-state index in [1.165, 1.54) is 0 Å². The standard InChI is InChI=1S/C6H12O/c1-3-5-6(7)4-2/h3,5-7H,4H2,1-2H3/b5-3-/t6-/m1/s1. The molecule has 0 aromatic rings. The lowest BCUT2D eigenvalue weighted by Gasteiger charge is -1.95. The number of hydrogen-bond donors (Lipinski definition) is 1. The zero-order chi connectivity index (χ0) is 5.70. The molecule has 0 heterocycles. The predicted octanol–water partition coefficient (Wildman–Crippen LogP) is 1.33. The third-order valence-corrected chi connectivity index (χ3v) is 0.833. The molecule has 1 nitrogen and oxygen atoms in total. The molecule has 0 fully saturated rings. The summed E-state index contributed by atoms with van der Waals surface area (Å²) in [5.41, 5.74) is 0. The molecule has 0 aliphatic heterocycles. The Morgan fingerprint density at radius 1 is 1.71 bits per heavy atom. The zero-order valence-corrected chi connectivity index (χ0v) is 4.89. The van der Waals surface area contributed by atoms with Crippen LogP contribution >= 0.6 is 0 Å². The van der Waals surface area contributed by atoms with Crippen LogP contribution in [0.2, 0.25) is 0 Å². The predicted molar refractivity (Wildman–Crippen MR) is 31.1 cm³/mol. The molecule has 1 atom stereocenters. The minimum Gasteiger partial charge on any atom is -0.389 e. The maximum absolute atomic E-state index is 8.77. The van der Waals surface area contributed by atoms with Gasteiger partial charge in [0.05, 0.1) is 6.10 Å². The Morgan fingerprint density at radius 3 is 2.43 bits per heavy atom. The van der Waals surface area contributed by atoms with Crippen molar-refractivity contribution in [1.29, 1.82) is 0 Å². The van der Waals surface area contributed by atoms with Gasteiger partial charge >= 0.3 is 0 Å². The average Bonchev–Trinajstić information content (AvgIpc) is 1.68. The Balaban J connectivity index is 3.16. The van der Waals surface area contributed by atoms with E-state index in [1.807, 2.05) is 19.9 Å². The molecule has 0 spiro atoms. The first-order valence-electron chi connectivity index (χ1n) is 2.62. The van der Waals surface area contributed by atoms with E-state index in [0.717, 1.165) is 6.42 Å². The van der Waals surface area contributed by atoms with Crippen molar-refractivity contribution >= 4 is 0 Å². The fourth-order valence-electron chi connectivity index (χ4n) is 0.358. The van der Waals surface area contributed by atoms with Gasteiger partial charge in [-0.3, -0.25) is 0 Å². The van der Waals surface area contributed by atoms with Gasteiger partial charge in [-0.05, 0) is 13.3 Å². The van der Waals surface area contributed by atoms with E-state index in [4.69, 9.17) is 5.11 Å². The van der Waals surface area contributed by atoms with Crippen molar-refractivity contribution in [3.8, 4) is 0 Å². The zero-order valence-electron chi connectivity index (χ0n) is 4.89. The van der Waals surface area contributed by atoms with Gasteiger partial charge in [-0.2, -0.15) is 0 Å². The van der Waals surface area contributed by atoms with Crippen LogP contribution in [-0.4, -0.2) is 11.2 Å². The number of rotatable bonds is 2. The summed E-state index contributed by atoms with van der Waals surface area (Å²) in [5.74, 6) is 0. The second-order valence-corrected chi connectivity index (χ2v) is 1.50. The topological polar surface area (TPSA) is 20.2 Å². The number of aliphatic hydroxyl groups is 1. The summed E-state index contributed by atoms with van der Waals surface area (Å²) in [6.07, 6.45) is 4.21. The summed E-state index contributed by atoms with van der Waals surface area (Å²) in [4.78, 5) is 0. The highest BCUT2D eigenvalue weighted by Crippen LogP contribution is 1.89. The Kier molecular flexibility index (Phi) is 3.71. The van der Waals surface area contributed by atoms with Gasteiger partial charge in [0.25, 0.3) is 0 Å². The molecule has 0 bridgehead atoms. The molecule has 0 aliphatic carbocycles. The molecule has 0 amide bonds. The summed E-state index contributed by atoms with van der Waals surface area (Å²) in [6.45, 7) is 3.85. The average molecular weight is 100 g/mol. The molecule has 0 aromatic carbocycles. The van der Waals surface area contributed by atoms with E-state index in [-0.39, 0.29) is 6.10 Å². The first-order chi connectivity index (χ1) is 3.31. The van der Waals surface area contributed by atoms with Crippen molar-refractivity contribution < 1.29 is 5.11 Å². The molecule has 0 saturated carbocycles. The van der Waals surface area contributed by atoms with Crippen LogP contribution in [0, 0.1) is 0 Å². The van der Waals surface area contributed by atoms with Crippen LogP contribution in [0.3, 0.4) is 0 Å². The van der Waals surface area contributed by atoms with Gasteiger partial charge in [-0.1, -0.05) is 19.1 Å². The molecular weight excluding hydrogens is 88.1 g/mol. The Labute approximate surface area is 44.7 Å². The Morgan fingerprint density at radius 2 is 2.29 bits per heavy atom. The number of hydrogen-bond acceptors (Lipinski definition) is 1. The second-order valence-electron chi connectivity index (χ2n) is 1.50. The SMILES string of the molecule is C/C=C\[C@H](O)CC. The van der Waals surface area contributed by atoms with Crippen LogP contribution in [0.25, 0.3) is 0 Å². The number of aliphatic hydroxyl groups excluding tert-OH is 1. The van der Waals surface area contributed by atoms with E-state index >= 15 is 0 Å². The van der Waals surface area contributed by atoms with Crippen LogP contribution in [0.5, 0.6) is 0 Å². The molecule has 0 radical (unpaired) electrons. The maximum atomic E-state index is 8.77. The molecule has 0 aromatic heterocycles. The van der Waals surface area contributed by atoms with Gasteiger partial charge in [0.2, 0.25) is 0 Å². The van der Waals surface area contributed by atoms with Crippen LogP contribution in [0.4, 0.5) is 0 Å². The highest BCUT2D eigenvalue weighted by Gasteiger charge is 1.87. The quantitative estimate of drug-likeness (QED) is 0.519. The monoisotopic (exact) mass is 100 g/mol. The fourth-order valence-corrected chi connectivity index (χ4v) is 0.358. The van der Waals surface area contributed by atoms with Crippen molar-refractivity contribution in [3.63, 3.8) is 0 Å². The molecular formula is C6H12O. The highest BCUT2D eigenvalue weighted by atomic mass is 16.3.